The molecule has 2 bridgehead atoms. The van der Waals surface area contributed by atoms with Crippen molar-refractivity contribution in [3.63, 3.8) is 0 Å². The molecule has 4 nitrogen and oxygen atoms in total. The zero-order valence-corrected chi connectivity index (χ0v) is 14.3. The van der Waals surface area contributed by atoms with Gasteiger partial charge in [0.2, 0.25) is 5.91 Å². The van der Waals surface area contributed by atoms with E-state index in [0.29, 0.717) is 37.1 Å². The van der Waals surface area contributed by atoms with Crippen molar-refractivity contribution >= 4 is 18.3 Å². The second-order valence-electron chi connectivity index (χ2n) is 7.27. The SMILES string of the molecule is Cl.NC1C2CCCC1CC(C(=O)NCCOC1CCCC1)C2. The lowest BCUT2D eigenvalue weighted by Gasteiger charge is -2.43. The standard InChI is InChI=1S/C17H30N2O2.ClH/c18-16-12-4-3-5-13(16)11-14(10-12)17(20)19-8-9-21-15-6-1-2-7-15;/h12-16H,1-11,18H2,(H,19,20);1H. The lowest BCUT2D eigenvalue weighted by Crippen LogP contribution is -2.49. The lowest BCUT2D eigenvalue weighted by atomic mass is 9.65. The van der Waals surface area contributed by atoms with Crippen LogP contribution in [0.15, 0.2) is 0 Å². The number of amides is 1. The summed E-state index contributed by atoms with van der Waals surface area (Å²) >= 11 is 0. The van der Waals surface area contributed by atoms with Crippen LogP contribution in [0.4, 0.5) is 0 Å². The largest absolute Gasteiger partial charge is 0.376 e. The van der Waals surface area contributed by atoms with E-state index in [1.54, 1.807) is 0 Å². The maximum atomic E-state index is 12.3. The summed E-state index contributed by atoms with van der Waals surface area (Å²) in [7, 11) is 0. The van der Waals surface area contributed by atoms with Crippen molar-refractivity contribution < 1.29 is 9.53 Å². The number of hydrogen-bond donors (Lipinski definition) is 2. The van der Waals surface area contributed by atoms with Crippen LogP contribution in [-0.4, -0.2) is 31.2 Å². The van der Waals surface area contributed by atoms with Crippen molar-refractivity contribution in [2.45, 2.75) is 69.9 Å². The van der Waals surface area contributed by atoms with Crippen molar-refractivity contribution in [3.05, 3.63) is 0 Å². The van der Waals surface area contributed by atoms with E-state index >= 15 is 0 Å². The van der Waals surface area contributed by atoms with Crippen LogP contribution < -0.4 is 11.1 Å². The van der Waals surface area contributed by atoms with Crippen molar-refractivity contribution in [2.75, 3.05) is 13.2 Å². The number of carbonyl (C=O) groups is 1. The Kier molecular flexibility index (Phi) is 6.97. The highest BCUT2D eigenvalue weighted by molar-refractivity contribution is 5.85. The molecule has 3 aliphatic carbocycles. The van der Waals surface area contributed by atoms with Gasteiger partial charge in [-0.1, -0.05) is 19.3 Å². The fourth-order valence-corrected chi connectivity index (χ4v) is 4.60. The van der Waals surface area contributed by atoms with Crippen LogP contribution in [0.1, 0.15) is 57.8 Å². The van der Waals surface area contributed by atoms with Gasteiger partial charge in [0.05, 0.1) is 12.7 Å². The van der Waals surface area contributed by atoms with Crippen molar-refractivity contribution in [1.82, 2.24) is 5.32 Å². The molecule has 3 aliphatic rings. The molecule has 0 saturated heterocycles. The zero-order valence-electron chi connectivity index (χ0n) is 13.5. The van der Waals surface area contributed by atoms with Crippen LogP contribution in [0.25, 0.3) is 0 Å². The number of carbonyl (C=O) groups excluding carboxylic acids is 1. The van der Waals surface area contributed by atoms with Gasteiger partial charge < -0.3 is 15.8 Å². The Bertz CT molecular complexity index is 347. The van der Waals surface area contributed by atoms with Gasteiger partial charge >= 0.3 is 0 Å². The number of rotatable bonds is 5. The van der Waals surface area contributed by atoms with Crippen LogP contribution >= 0.6 is 12.4 Å². The Balaban J connectivity index is 0.00000176. The van der Waals surface area contributed by atoms with E-state index in [1.807, 2.05) is 0 Å². The molecule has 3 rings (SSSR count). The molecule has 5 heteroatoms. The monoisotopic (exact) mass is 330 g/mol. The normalized spacial score (nSPS) is 35.0. The van der Waals surface area contributed by atoms with Gasteiger partial charge in [-0.25, -0.2) is 0 Å². The van der Waals surface area contributed by atoms with E-state index in [-0.39, 0.29) is 24.2 Å². The Labute approximate surface area is 140 Å². The number of nitrogens with one attached hydrogen (secondary N) is 1. The zero-order chi connectivity index (χ0) is 14.7. The molecule has 3 N–H and O–H groups in total. The molecule has 3 saturated carbocycles. The predicted molar refractivity (Wildman–Crippen MR) is 90.0 cm³/mol. The molecule has 3 fully saturated rings. The van der Waals surface area contributed by atoms with Gasteiger partial charge in [0, 0.05) is 18.5 Å². The lowest BCUT2D eigenvalue weighted by molar-refractivity contribution is -0.128. The van der Waals surface area contributed by atoms with Crippen LogP contribution in [0.5, 0.6) is 0 Å². The molecule has 128 valence electrons. The van der Waals surface area contributed by atoms with Crippen LogP contribution in [0.2, 0.25) is 0 Å². The Morgan fingerprint density at radius 2 is 1.68 bits per heavy atom. The fourth-order valence-electron chi connectivity index (χ4n) is 4.60. The van der Waals surface area contributed by atoms with Crippen LogP contribution in [-0.2, 0) is 9.53 Å². The quantitative estimate of drug-likeness (QED) is 0.762. The predicted octanol–water partition coefficient (Wildman–Crippen LogP) is 2.64. The summed E-state index contributed by atoms with van der Waals surface area (Å²) in [5.74, 6) is 1.56. The molecule has 0 spiro atoms. The van der Waals surface area contributed by atoms with Gasteiger partial charge in [-0.15, -0.1) is 12.4 Å². The topological polar surface area (TPSA) is 64.4 Å². The average molecular weight is 331 g/mol. The minimum absolute atomic E-state index is 0. The summed E-state index contributed by atoms with van der Waals surface area (Å²) in [5.41, 5.74) is 6.29. The van der Waals surface area contributed by atoms with E-state index in [9.17, 15) is 4.79 Å². The molecular formula is C17H31ClN2O2. The molecule has 0 aromatic rings. The van der Waals surface area contributed by atoms with Gasteiger partial charge in [0.25, 0.3) is 0 Å². The third-order valence-corrected chi connectivity index (χ3v) is 5.84. The number of nitrogens with two attached hydrogens (primary N) is 1. The highest BCUT2D eigenvalue weighted by atomic mass is 35.5. The van der Waals surface area contributed by atoms with E-state index in [1.165, 1.54) is 44.9 Å². The first kappa shape index (κ1) is 18.0. The summed E-state index contributed by atoms with van der Waals surface area (Å²) in [4.78, 5) is 12.3. The summed E-state index contributed by atoms with van der Waals surface area (Å²) in [5, 5.41) is 3.08. The third-order valence-electron chi connectivity index (χ3n) is 5.84. The first-order valence-electron chi connectivity index (χ1n) is 8.89. The Morgan fingerprint density at radius 3 is 2.32 bits per heavy atom. The van der Waals surface area contributed by atoms with Crippen molar-refractivity contribution in [2.24, 2.45) is 23.5 Å². The second-order valence-corrected chi connectivity index (χ2v) is 7.27. The molecule has 0 aromatic carbocycles. The van der Waals surface area contributed by atoms with Gasteiger partial charge in [0.15, 0.2) is 0 Å². The number of halogens is 1. The Hall–Kier alpha value is -0.320. The molecule has 0 aliphatic heterocycles. The number of fused-ring (bicyclic) bond motifs is 2. The maximum absolute atomic E-state index is 12.3. The molecule has 0 aromatic heterocycles. The molecule has 1 amide bonds. The van der Waals surface area contributed by atoms with E-state index in [0.717, 1.165) is 12.8 Å². The van der Waals surface area contributed by atoms with Crippen LogP contribution in [0.3, 0.4) is 0 Å². The van der Waals surface area contributed by atoms with E-state index in [2.05, 4.69) is 5.32 Å². The minimum atomic E-state index is 0. The molecular weight excluding hydrogens is 300 g/mol. The van der Waals surface area contributed by atoms with Crippen LogP contribution in [0, 0.1) is 17.8 Å². The summed E-state index contributed by atoms with van der Waals surface area (Å²) < 4.78 is 5.80. The van der Waals surface area contributed by atoms with Gasteiger partial charge in [-0.2, -0.15) is 0 Å². The van der Waals surface area contributed by atoms with E-state index in [4.69, 9.17) is 10.5 Å². The molecule has 0 radical (unpaired) electrons. The van der Waals surface area contributed by atoms with Gasteiger partial charge in [0.1, 0.15) is 0 Å². The summed E-state index contributed by atoms with van der Waals surface area (Å²) in [6, 6.07) is 0.341. The first-order valence-corrected chi connectivity index (χ1v) is 8.89. The highest BCUT2D eigenvalue weighted by Gasteiger charge is 2.40. The molecule has 22 heavy (non-hydrogen) atoms. The highest BCUT2D eigenvalue weighted by Crippen LogP contribution is 2.41. The van der Waals surface area contributed by atoms with E-state index < -0.39 is 0 Å². The number of ether oxygens (including phenoxy) is 1. The Morgan fingerprint density at radius 1 is 1.05 bits per heavy atom. The summed E-state index contributed by atoms with van der Waals surface area (Å²) in [6.07, 6.45) is 11.1. The fraction of sp³-hybridized carbons (Fsp3) is 0.941. The smallest absolute Gasteiger partial charge is 0.223 e. The minimum Gasteiger partial charge on any atom is -0.376 e. The number of hydrogen-bond acceptors (Lipinski definition) is 3. The second kappa shape index (κ2) is 8.51. The summed E-state index contributed by atoms with van der Waals surface area (Å²) in [6.45, 7) is 1.32. The molecule has 2 unspecified atom stereocenters. The maximum Gasteiger partial charge on any atom is 0.223 e. The van der Waals surface area contributed by atoms with Gasteiger partial charge in [-0.3, -0.25) is 4.79 Å². The van der Waals surface area contributed by atoms with Gasteiger partial charge in [-0.05, 0) is 50.4 Å². The molecule has 2 atom stereocenters. The molecule has 0 heterocycles. The average Bonchev–Trinajstić information content (AvgIpc) is 2.96. The third kappa shape index (κ3) is 4.36. The van der Waals surface area contributed by atoms with Crippen molar-refractivity contribution in [3.8, 4) is 0 Å². The van der Waals surface area contributed by atoms with Crippen molar-refractivity contribution in [1.29, 1.82) is 0 Å². The first-order chi connectivity index (χ1) is 10.2.